The highest BCUT2D eigenvalue weighted by Gasteiger charge is 2.30. The standard InChI is InChI=1S/C20H16F3N3O3/c1-29-17-5-3-2-4-15(17)16-10-19(28)26(12-24-16)11-18(27)25-14-8-6-13(7-9-14)20(21,22)23/h2-10,12H,11H2,1H3,(H,25,27). The molecule has 2 aromatic carbocycles. The molecular weight excluding hydrogens is 387 g/mol. The molecule has 0 bridgehead atoms. The first kappa shape index (κ1) is 20.1. The molecule has 0 saturated carbocycles. The molecule has 1 heterocycles. The van der Waals surface area contributed by atoms with Crippen LogP contribution in [0.2, 0.25) is 0 Å². The number of nitrogens with zero attached hydrogens (tertiary/aromatic N) is 2. The van der Waals surface area contributed by atoms with Crippen molar-refractivity contribution < 1.29 is 22.7 Å². The number of anilines is 1. The molecular formula is C20H16F3N3O3. The van der Waals surface area contributed by atoms with E-state index in [1.165, 1.54) is 19.5 Å². The Morgan fingerprint density at radius 3 is 2.45 bits per heavy atom. The van der Waals surface area contributed by atoms with Gasteiger partial charge in [-0.25, -0.2) is 4.98 Å². The fourth-order valence-corrected chi connectivity index (χ4v) is 2.65. The molecule has 3 rings (SSSR count). The fourth-order valence-electron chi connectivity index (χ4n) is 2.65. The monoisotopic (exact) mass is 403 g/mol. The van der Waals surface area contributed by atoms with Gasteiger partial charge in [0.05, 0.1) is 24.7 Å². The lowest BCUT2D eigenvalue weighted by atomic mass is 10.1. The maximum atomic E-state index is 12.6. The molecule has 6 nitrogen and oxygen atoms in total. The number of rotatable bonds is 5. The number of carbonyl (C=O) groups excluding carboxylic acids is 1. The zero-order valence-electron chi connectivity index (χ0n) is 15.2. The first-order valence-electron chi connectivity index (χ1n) is 8.45. The van der Waals surface area contributed by atoms with Gasteiger partial charge >= 0.3 is 6.18 Å². The first-order valence-corrected chi connectivity index (χ1v) is 8.45. The van der Waals surface area contributed by atoms with Crippen LogP contribution in [0.3, 0.4) is 0 Å². The lowest BCUT2D eigenvalue weighted by Crippen LogP contribution is -2.27. The third-order valence-electron chi connectivity index (χ3n) is 4.07. The minimum Gasteiger partial charge on any atom is -0.496 e. The van der Waals surface area contributed by atoms with Crippen molar-refractivity contribution in [1.82, 2.24) is 9.55 Å². The Hall–Kier alpha value is -3.62. The topological polar surface area (TPSA) is 73.2 Å². The second-order valence-electron chi connectivity index (χ2n) is 6.06. The Bertz CT molecular complexity index is 1080. The summed E-state index contributed by atoms with van der Waals surface area (Å²) in [7, 11) is 1.51. The Morgan fingerprint density at radius 1 is 1.14 bits per heavy atom. The highest BCUT2D eigenvalue weighted by molar-refractivity contribution is 5.90. The van der Waals surface area contributed by atoms with Gasteiger partial charge in [0, 0.05) is 17.3 Å². The molecule has 0 aliphatic carbocycles. The van der Waals surface area contributed by atoms with Crippen LogP contribution in [0.4, 0.5) is 18.9 Å². The van der Waals surface area contributed by atoms with E-state index in [1.807, 2.05) is 0 Å². The number of carbonyl (C=O) groups is 1. The maximum absolute atomic E-state index is 12.6. The molecule has 1 aromatic heterocycles. The molecule has 1 N–H and O–H groups in total. The number of benzene rings is 2. The summed E-state index contributed by atoms with van der Waals surface area (Å²) in [6, 6.07) is 12.4. The van der Waals surface area contributed by atoms with Gasteiger partial charge in [-0.05, 0) is 36.4 Å². The second kappa shape index (κ2) is 8.17. The molecule has 29 heavy (non-hydrogen) atoms. The predicted octanol–water partition coefficient (Wildman–Crippen LogP) is 3.58. The number of alkyl halides is 3. The van der Waals surface area contributed by atoms with Crippen molar-refractivity contribution in [3.8, 4) is 17.0 Å². The minimum absolute atomic E-state index is 0.189. The molecule has 0 fully saturated rings. The minimum atomic E-state index is -4.45. The lowest BCUT2D eigenvalue weighted by Gasteiger charge is -2.10. The summed E-state index contributed by atoms with van der Waals surface area (Å²) in [6.07, 6.45) is -3.22. The lowest BCUT2D eigenvalue weighted by molar-refractivity contribution is -0.137. The van der Waals surface area contributed by atoms with Gasteiger partial charge in [-0.15, -0.1) is 0 Å². The highest BCUT2D eigenvalue weighted by Crippen LogP contribution is 2.30. The van der Waals surface area contributed by atoms with Crippen molar-refractivity contribution in [2.75, 3.05) is 12.4 Å². The van der Waals surface area contributed by atoms with Crippen LogP contribution in [0.15, 0.2) is 65.7 Å². The number of amides is 1. The van der Waals surface area contributed by atoms with E-state index in [9.17, 15) is 22.8 Å². The molecule has 0 aliphatic rings. The van der Waals surface area contributed by atoms with Gasteiger partial charge < -0.3 is 10.1 Å². The van der Waals surface area contributed by atoms with Crippen molar-refractivity contribution in [2.24, 2.45) is 0 Å². The highest BCUT2D eigenvalue weighted by atomic mass is 19.4. The molecule has 1 amide bonds. The molecule has 0 aliphatic heterocycles. The zero-order valence-corrected chi connectivity index (χ0v) is 15.2. The van der Waals surface area contributed by atoms with E-state index in [0.717, 1.165) is 28.8 Å². The van der Waals surface area contributed by atoms with Crippen LogP contribution >= 0.6 is 0 Å². The van der Waals surface area contributed by atoms with E-state index >= 15 is 0 Å². The Balaban J connectivity index is 1.72. The van der Waals surface area contributed by atoms with Gasteiger partial charge in [-0.2, -0.15) is 13.2 Å². The molecule has 9 heteroatoms. The van der Waals surface area contributed by atoms with Crippen LogP contribution in [-0.2, 0) is 17.5 Å². The van der Waals surface area contributed by atoms with Crippen LogP contribution in [0.5, 0.6) is 5.75 Å². The summed E-state index contributed by atoms with van der Waals surface area (Å²) in [5.74, 6) is -0.0177. The van der Waals surface area contributed by atoms with Crippen LogP contribution in [0.1, 0.15) is 5.56 Å². The summed E-state index contributed by atoms with van der Waals surface area (Å²) in [5, 5.41) is 2.45. The predicted molar refractivity (Wildman–Crippen MR) is 101 cm³/mol. The van der Waals surface area contributed by atoms with Gasteiger partial charge in [0.1, 0.15) is 12.3 Å². The Morgan fingerprint density at radius 2 is 1.83 bits per heavy atom. The normalized spacial score (nSPS) is 11.2. The van der Waals surface area contributed by atoms with Gasteiger partial charge in [-0.1, -0.05) is 12.1 Å². The summed E-state index contributed by atoms with van der Waals surface area (Å²) in [5.41, 5.74) is -0.0544. The van der Waals surface area contributed by atoms with E-state index < -0.39 is 23.2 Å². The summed E-state index contributed by atoms with van der Waals surface area (Å²) < 4.78 is 44.1. The van der Waals surface area contributed by atoms with Crippen LogP contribution in [-0.4, -0.2) is 22.6 Å². The summed E-state index contributed by atoms with van der Waals surface area (Å²) >= 11 is 0. The van der Waals surface area contributed by atoms with Crippen LogP contribution in [0.25, 0.3) is 11.3 Å². The number of nitrogens with one attached hydrogen (secondary N) is 1. The Labute approximate surface area is 163 Å². The van der Waals surface area contributed by atoms with E-state index in [1.54, 1.807) is 24.3 Å². The fraction of sp³-hybridized carbons (Fsp3) is 0.150. The smallest absolute Gasteiger partial charge is 0.416 e. The van der Waals surface area contributed by atoms with E-state index in [0.29, 0.717) is 17.0 Å². The van der Waals surface area contributed by atoms with Gasteiger partial charge in [0.25, 0.3) is 5.56 Å². The molecule has 0 saturated heterocycles. The number of hydrogen-bond donors (Lipinski definition) is 1. The third kappa shape index (κ3) is 4.81. The van der Waals surface area contributed by atoms with Crippen molar-refractivity contribution in [3.05, 3.63) is 76.8 Å². The maximum Gasteiger partial charge on any atom is 0.416 e. The van der Waals surface area contributed by atoms with Gasteiger partial charge in [0.2, 0.25) is 5.91 Å². The number of para-hydroxylation sites is 1. The Kier molecular flexibility index (Phi) is 5.67. The van der Waals surface area contributed by atoms with Crippen molar-refractivity contribution in [3.63, 3.8) is 0 Å². The number of methoxy groups -OCH3 is 1. The third-order valence-corrected chi connectivity index (χ3v) is 4.07. The van der Waals surface area contributed by atoms with E-state index in [-0.39, 0.29) is 12.2 Å². The number of aromatic nitrogens is 2. The first-order chi connectivity index (χ1) is 13.8. The molecule has 0 atom stereocenters. The average molecular weight is 403 g/mol. The number of hydrogen-bond acceptors (Lipinski definition) is 4. The number of halogens is 3. The van der Waals surface area contributed by atoms with Crippen molar-refractivity contribution >= 4 is 11.6 Å². The summed E-state index contributed by atoms with van der Waals surface area (Å²) in [4.78, 5) is 28.7. The summed E-state index contributed by atoms with van der Waals surface area (Å²) in [6.45, 7) is -0.334. The van der Waals surface area contributed by atoms with Crippen molar-refractivity contribution in [1.29, 1.82) is 0 Å². The molecule has 150 valence electrons. The average Bonchev–Trinajstić information content (AvgIpc) is 2.69. The van der Waals surface area contributed by atoms with Gasteiger partial charge in [0.15, 0.2) is 0 Å². The second-order valence-corrected chi connectivity index (χ2v) is 6.06. The quantitative estimate of drug-likeness (QED) is 0.707. The molecule has 0 radical (unpaired) electrons. The largest absolute Gasteiger partial charge is 0.496 e. The number of ether oxygens (including phenoxy) is 1. The van der Waals surface area contributed by atoms with Crippen molar-refractivity contribution in [2.45, 2.75) is 12.7 Å². The zero-order chi connectivity index (χ0) is 21.0. The SMILES string of the molecule is COc1ccccc1-c1cc(=O)n(CC(=O)Nc2ccc(C(F)(F)F)cc2)cn1. The molecule has 0 spiro atoms. The van der Waals surface area contributed by atoms with Crippen LogP contribution < -0.4 is 15.6 Å². The van der Waals surface area contributed by atoms with Gasteiger partial charge in [-0.3, -0.25) is 14.2 Å². The van der Waals surface area contributed by atoms with E-state index in [2.05, 4.69) is 10.3 Å². The van der Waals surface area contributed by atoms with E-state index in [4.69, 9.17) is 4.74 Å². The molecule has 3 aromatic rings. The van der Waals surface area contributed by atoms with Crippen LogP contribution in [0, 0.1) is 0 Å². The molecule has 0 unspecified atom stereocenters.